The molecule has 1 saturated heterocycles. The first-order valence-corrected chi connectivity index (χ1v) is 16.7. The number of anilines is 2. The molecule has 5 rings (SSSR count). The molecule has 0 radical (unpaired) electrons. The molecule has 1 amide bonds. The van der Waals surface area contributed by atoms with E-state index in [2.05, 4.69) is 54.3 Å². The van der Waals surface area contributed by atoms with Crippen LogP contribution >= 0.6 is 51.6 Å². The second-order valence-electron chi connectivity index (χ2n) is 8.85. The minimum Gasteiger partial charge on any atom is -0.495 e. The fourth-order valence-corrected chi connectivity index (χ4v) is 6.39. The molecule has 39 heavy (non-hydrogen) atoms. The molecular weight excluding hydrogens is 675 g/mol. The molecule has 4 aromatic rings. The van der Waals surface area contributed by atoms with Gasteiger partial charge in [0.15, 0.2) is 17.3 Å². The summed E-state index contributed by atoms with van der Waals surface area (Å²) in [6.07, 6.45) is 1.82. The molecule has 2 aromatic carbocycles. The quantitative estimate of drug-likeness (QED) is 0.196. The summed E-state index contributed by atoms with van der Waals surface area (Å²) in [6.45, 7) is 3.96. The van der Waals surface area contributed by atoms with Crippen molar-refractivity contribution in [3.8, 4) is 22.9 Å². The summed E-state index contributed by atoms with van der Waals surface area (Å²) in [4.78, 5) is 27.0. The highest BCUT2D eigenvalue weighted by Gasteiger charge is 2.23. The molecule has 1 N–H and O–H groups in total. The third kappa shape index (κ3) is 5.60. The largest absolute Gasteiger partial charge is 0.495 e. The second kappa shape index (κ2) is 12.0. The predicted molar refractivity (Wildman–Crippen MR) is 166 cm³/mol. The van der Waals surface area contributed by atoms with Gasteiger partial charge in [-0.25, -0.2) is 14.4 Å². The molecule has 204 valence electrons. The van der Waals surface area contributed by atoms with E-state index in [1.807, 2.05) is 24.3 Å². The van der Waals surface area contributed by atoms with E-state index in [9.17, 15) is 4.79 Å². The zero-order chi connectivity index (χ0) is 27.7. The molecule has 1 aliphatic rings. The van der Waals surface area contributed by atoms with Crippen LogP contribution in [0.1, 0.15) is 10.4 Å². The van der Waals surface area contributed by atoms with Crippen molar-refractivity contribution in [2.24, 2.45) is 0 Å². The van der Waals surface area contributed by atoms with E-state index in [1.54, 1.807) is 16.7 Å². The maximum atomic E-state index is 13.1. The first-order chi connectivity index (χ1) is 18.8. The van der Waals surface area contributed by atoms with Gasteiger partial charge in [-0.05, 0) is 53.4 Å². The second-order valence-corrected chi connectivity index (χ2v) is 11.6. The van der Waals surface area contributed by atoms with E-state index in [0.717, 1.165) is 31.9 Å². The molecule has 0 spiro atoms. The van der Waals surface area contributed by atoms with Crippen molar-refractivity contribution in [3.05, 3.63) is 52.1 Å². The van der Waals surface area contributed by atoms with E-state index < -0.39 is 0 Å². The molecule has 0 bridgehead atoms. The number of nitrogens with one attached hydrogen (secondary N) is 1. The number of nitrogens with zero attached hydrogens (tertiary/aromatic N) is 6. The topological polar surface area (TPSA) is 97.6 Å². The van der Waals surface area contributed by atoms with Crippen molar-refractivity contribution in [2.45, 2.75) is 0 Å². The van der Waals surface area contributed by atoms with E-state index in [-0.39, 0.29) is 28.2 Å². The Bertz CT molecular complexity index is 1500. The number of carbonyl (C=O) groups excluding carboxylic acids is 1. The number of piperazine rings is 1. The molecule has 0 saturated carbocycles. The Morgan fingerprint density at radius 3 is 2.28 bits per heavy atom. The van der Waals surface area contributed by atoms with Crippen LogP contribution in [0, 0.1) is 0 Å². The highest BCUT2D eigenvalue weighted by molar-refractivity contribution is 14.2. The standard InChI is InChI=1S/C25H25Cl2IN7O3P/c1-33-8-10-34(11-9-33)15-6-4-14(5-7-15)25(36)31-22-16-13-29-23(30-24(16)35(32-22)39-28)19-20(26)17(37-2)12-18(38-3)21(19)27/h4-7,12-13,39H,8-11H2,1-3H3,(H,31,32,36). The minimum atomic E-state index is -0.268. The number of hydrogen-bond donors (Lipinski definition) is 1. The molecule has 10 nitrogen and oxygen atoms in total. The van der Waals surface area contributed by atoms with Gasteiger partial charge in [0.1, 0.15) is 11.5 Å². The fraction of sp³-hybridized carbons (Fsp3) is 0.280. The summed E-state index contributed by atoms with van der Waals surface area (Å²) < 4.78 is 12.5. The molecule has 2 aromatic heterocycles. The van der Waals surface area contributed by atoms with Crippen molar-refractivity contribution < 1.29 is 14.3 Å². The summed E-state index contributed by atoms with van der Waals surface area (Å²) in [5.74, 6) is 1.15. The monoisotopic (exact) mass is 699 g/mol. The molecule has 1 fully saturated rings. The average molecular weight is 700 g/mol. The van der Waals surface area contributed by atoms with Crippen LogP contribution in [0.15, 0.2) is 36.5 Å². The summed E-state index contributed by atoms with van der Waals surface area (Å²) >= 11 is 15.4. The smallest absolute Gasteiger partial charge is 0.256 e. The number of likely N-dealkylation sites (N-methyl/N-ethyl adjacent to an activating group) is 1. The van der Waals surface area contributed by atoms with Crippen LogP contribution < -0.4 is 19.7 Å². The van der Waals surface area contributed by atoms with E-state index in [0.29, 0.717) is 39.5 Å². The number of ether oxygens (including phenoxy) is 2. The number of halogens is 3. The third-order valence-corrected chi connectivity index (χ3v) is 9.12. The Labute approximate surface area is 250 Å². The van der Waals surface area contributed by atoms with Crippen molar-refractivity contribution in [1.82, 2.24) is 24.4 Å². The first-order valence-electron chi connectivity index (χ1n) is 11.9. The molecular formula is C25H25Cl2IN7O3P. The molecule has 1 atom stereocenters. The molecule has 0 aliphatic carbocycles. The SMILES string of the molecule is COc1cc(OC)c(Cl)c(-c2ncc3c(NC(=O)c4ccc(N5CCN(C)CC5)cc4)nn(PI)c3n2)c1Cl. The van der Waals surface area contributed by atoms with Gasteiger partial charge in [0.05, 0.1) is 41.6 Å². The Morgan fingerprint density at radius 2 is 1.69 bits per heavy atom. The number of rotatable bonds is 7. The van der Waals surface area contributed by atoms with Crippen molar-refractivity contribution in [2.75, 3.05) is 57.7 Å². The number of amides is 1. The van der Waals surface area contributed by atoms with Crippen LogP contribution in [0.25, 0.3) is 22.4 Å². The van der Waals surface area contributed by atoms with Gasteiger partial charge in [-0.15, -0.1) is 5.10 Å². The van der Waals surface area contributed by atoms with Crippen LogP contribution in [-0.4, -0.2) is 77.8 Å². The van der Waals surface area contributed by atoms with Gasteiger partial charge >= 0.3 is 0 Å². The highest BCUT2D eigenvalue weighted by Crippen LogP contribution is 2.45. The predicted octanol–water partition coefficient (Wildman–Crippen LogP) is 5.61. The zero-order valence-corrected chi connectivity index (χ0v) is 26.0. The van der Waals surface area contributed by atoms with Gasteiger partial charge < -0.3 is 24.6 Å². The van der Waals surface area contributed by atoms with Gasteiger partial charge in [0.25, 0.3) is 5.91 Å². The Kier molecular flexibility index (Phi) is 8.63. The van der Waals surface area contributed by atoms with Crippen LogP contribution in [0.2, 0.25) is 10.0 Å². The summed E-state index contributed by atoms with van der Waals surface area (Å²) in [5.41, 5.74) is 2.55. The van der Waals surface area contributed by atoms with Gasteiger partial charge in [-0.1, -0.05) is 23.2 Å². The lowest BCUT2D eigenvalue weighted by Crippen LogP contribution is -2.44. The maximum Gasteiger partial charge on any atom is 0.256 e. The fourth-order valence-electron chi connectivity index (χ4n) is 4.32. The van der Waals surface area contributed by atoms with Gasteiger partial charge in [-0.3, -0.25) is 4.79 Å². The Hall–Kier alpha value is -2.44. The lowest BCUT2D eigenvalue weighted by molar-refractivity contribution is 0.102. The number of aromatic nitrogens is 4. The lowest BCUT2D eigenvalue weighted by atomic mass is 10.1. The summed E-state index contributed by atoms with van der Waals surface area (Å²) in [6, 6.07) is 9.23. The van der Waals surface area contributed by atoms with Gasteiger partial charge in [0, 0.05) is 49.7 Å². The van der Waals surface area contributed by atoms with Gasteiger partial charge in [0.2, 0.25) is 0 Å². The van der Waals surface area contributed by atoms with Crippen LogP contribution in [0.4, 0.5) is 11.5 Å². The normalized spacial score (nSPS) is 14.4. The molecule has 1 unspecified atom stereocenters. The number of benzene rings is 2. The molecule has 1 aliphatic heterocycles. The zero-order valence-electron chi connectivity index (χ0n) is 21.3. The number of fused-ring (bicyclic) bond motifs is 1. The van der Waals surface area contributed by atoms with Crippen LogP contribution in [0.5, 0.6) is 11.5 Å². The minimum absolute atomic E-state index is 0.220. The Morgan fingerprint density at radius 1 is 1.05 bits per heavy atom. The molecule has 3 heterocycles. The van der Waals surface area contributed by atoms with Crippen molar-refractivity contribution in [3.63, 3.8) is 0 Å². The first kappa shape index (κ1) is 28.1. The Balaban J connectivity index is 1.44. The summed E-state index contributed by atoms with van der Waals surface area (Å²) in [5, 5.41) is 8.61. The van der Waals surface area contributed by atoms with E-state index in [4.69, 9.17) is 37.7 Å². The lowest BCUT2D eigenvalue weighted by Gasteiger charge is -2.34. The van der Waals surface area contributed by atoms with E-state index >= 15 is 0 Å². The number of methoxy groups -OCH3 is 2. The van der Waals surface area contributed by atoms with E-state index in [1.165, 1.54) is 14.2 Å². The van der Waals surface area contributed by atoms with Crippen molar-refractivity contribution in [1.29, 1.82) is 0 Å². The summed E-state index contributed by atoms with van der Waals surface area (Å²) in [7, 11) is 5.13. The van der Waals surface area contributed by atoms with Gasteiger partial charge in [-0.2, -0.15) is 0 Å². The van der Waals surface area contributed by atoms with Crippen LogP contribution in [0.3, 0.4) is 0 Å². The molecule has 14 heteroatoms. The maximum absolute atomic E-state index is 13.1. The highest BCUT2D eigenvalue weighted by atomic mass is 127. The third-order valence-electron chi connectivity index (χ3n) is 6.53. The van der Waals surface area contributed by atoms with Crippen molar-refractivity contribution >= 4 is 80.1 Å². The average Bonchev–Trinajstić information content (AvgIpc) is 3.30. The van der Waals surface area contributed by atoms with Crippen LogP contribution in [-0.2, 0) is 0 Å². The number of hydrogen-bond acceptors (Lipinski definition) is 8. The number of carbonyl (C=O) groups is 1.